The van der Waals surface area contributed by atoms with Gasteiger partial charge in [-0.25, -0.2) is 0 Å². The molecule has 2 atom stereocenters. The van der Waals surface area contributed by atoms with Crippen LogP contribution in [0.2, 0.25) is 0 Å². The maximum Gasteiger partial charge on any atom is 0.253 e. The summed E-state index contributed by atoms with van der Waals surface area (Å²) in [4.78, 5) is 14.8. The average molecular weight is 307 g/mol. The lowest BCUT2D eigenvalue weighted by molar-refractivity contribution is 0.0784. The molecule has 1 aromatic heterocycles. The molecule has 2 aliphatic rings. The van der Waals surface area contributed by atoms with Crippen molar-refractivity contribution in [2.24, 2.45) is 11.8 Å². The van der Waals surface area contributed by atoms with Gasteiger partial charge in [-0.3, -0.25) is 9.89 Å². The summed E-state index contributed by atoms with van der Waals surface area (Å²) < 4.78 is 0. The van der Waals surface area contributed by atoms with E-state index in [0.29, 0.717) is 11.8 Å². The molecule has 1 aliphatic heterocycles. The van der Waals surface area contributed by atoms with Crippen LogP contribution in [0, 0.1) is 11.8 Å². The summed E-state index contributed by atoms with van der Waals surface area (Å²) in [5.74, 6) is 1.45. The summed E-state index contributed by atoms with van der Waals surface area (Å²) in [6.07, 6.45) is 6.34. The number of fused-ring (bicyclic) bond motifs is 1. The van der Waals surface area contributed by atoms with Crippen molar-refractivity contribution in [2.45, 2.75) is 19.8 Å². The SMILES string of the molecule is CC1=CC[C@@H]2CN(C(=O)c3ccc(-c4ccn[nH]4)cc3)C[C@@H]2C1. The number of allylic oxidation sites excluding steroid dienone is 2. The highest BCUT2D eigenvalue weighted by molar-refractivity contribution is 5.94. The molecular weight excluding hydrogens is 286 g/mol. The van der Waals surface area contributed by atoms with Crippen LogP contribution in [0.1, 0.15) is 30.1 Å². The van der Waals surface area contributed by atoms with Gasteiger partial charge in [0.15, 0.2) is 0 Å². The molecule has 118 valence electrons. The minimum Gasteiger partial charge on any atom is -0.338 e. The van der Waals surface area contributed by atoms with Crippen LogP contribution in [0.3, 0.4) is 0 Å². The molecule has 2 aromatic rings. The van der Waals surface area contributed by atoms with Crippen molar-refractivity contribution >= 4 is 5.91 Å². The minimum atomic E-state index is 0.160. The largest absolute Gasteiger partial charge is 0.338 e. The Balaban J connectivity index is 1.48. The fourth-order valence-corrected chi connectivity index (χ4v) is 3.84. The number of carbonyl (C=O) groups is 1. The maximum atomic E-state index is 12.8. The molecule has 0 bridgehead atoms. The Labute approximate surface area is 136 Å². The molecule has 0 unspecified atom stereocenters. The summed E-state index contributed by atoms with van der Waals surface area (Å²) in [5.41, 5.74) is 4.27. The highest BCUT2D eigenvalue weighted by atomic mass is 16.2. The third kappa shape index (κ3) is 2.69. The summed E-state index contributed by atoms with van der Waals surface area (Å²) in [7, 11) is 0. The smallest absolute Gasteiger partial charge is 0.253 e. The van der Waals surface area contributed by atoms with Crippen molar-refractivity contribution in [1.29, 1.82) is 0 Å². The zero-order valence-electron chi connectivity index (χ0n) is 13.3. The normalized spacial score (nSPS) is 23.5. The number of benzene rings is 1. The molecule has 1 fully saturated rings. The van der Waals surface area contributed by atoms with Crippen molar-refractivity contribution in [2.75, 3.05) is 13.1 Å². The van der Waals surface area contributed by atoms with Gasteiger partial charge in [0.25, 0.3) is 5.91 Å². The Hall–Kier alpha value is -2.36. The predicted octanol–water partition coefficient (Wildman–Crippen LogP) is 3.51. The zero-order chi connectivity index (χ0) is 15.8. The molecule has 4 heteroatoms. The summed E-state index contributed by atoms with van der Waals surface area (Å²) in [6, 6.07) is 9.73. The minimum absolute atomic E-state index is 0.160. The summed E-state index contributed by atoms with van der Waals surface area (Å²) >= 11 is 0. The van der Waals surface area contributed by atoms with E-state index in [-0.39, 0.29) is 5.91 Å². The number of nitrogens with one attached hydrogen (secondary N) is 1. The van der Waals surface area contributed by atoms with E-state index in [2.05, 4.69) is 23.2 Å². The monoisotopic (exact) mass is 307 g/mol. The molecule has 2 heterocycles. The van der Waals surface area contributed by atoms with Crippen LogP contribution in [0.5, 0.6) is 0 Å². The number of hydrogen-bond donors (Lipinski definition) is 1. The summed E-state index contributed by atoms with van der Waals surface area (Å²) in [6.45, 7) is 4.00. The van der Waals surface area contributed by atoms with Gasteiger partial charge < -0.3 is 4.90 Å². The fourth-order valence-electron chi connectivity index (χ4n) is 3.84. The first-order valence-corrected chi connectivity index (χ1v) is 8.25. The van der Waals surface area contributed by atoms with Gasteiger partial charge in [-0.1, -0.05) is 23.8 Å². The van der Waals surface area contributed by atoms with Crippen LogP contribution in [0.15, 0.2) is 48.2 Å². The molecule has 1 N–H and O–H groups in total. The molecule has 1 aliphatic carbocycles. The number of amides is 1. The number of rotatable bonds is 2. The molecule has 4 nitrogen and oxygen atoms in total. The predicted molar refractivity (Wildman–Crippen MR) is 89.9 cm³/mol. The van der Waals surface area contributed by atoms with Crippen LogP contribution in [-0.2, 0) is 0 Å². The number of carbonyl (C=O) groups excluding carboxylic acids is 1. The van der Waals surface area contributed by atoms with Crippen LogP contribution >= 0.6 is 0 Å². The van der Waals surface area contributed by atoms with Crippen LogP contribution in [0.4, 0.5) is 0 Å². The van der Waals surface area contributed by atoms with Gasteiger partial charge in [0, 0.05) is 24.8 Å². The van der Waals surface area contributed by atoms with Gasteiger partial charge in [0.05, 0.1) is 5.69 Å². The van der Waals surface area contributed by atoms with E-state index in [1.807, 2.05) is 35.2 Å². The molecule has 1 saturated heterocycles. The molecule has 0 saturated carbocycles. The van der Waals surface area contributed by atoms with Crippen molar-refractivity contribution in [3.05, 3.63) is 53.7 Å². The maximum absolute atomic E-state index is 12.8. The lowest BCUT2D eigenvalue weighted by Gasteiger charge is -2.21. The highest BCUT2D eigenvalue weighted by Crippen LogP contribution is 2.36. The molecular formula is C19H21N3O. The van der Waals surface area contributed by atoms with E-state index in [1.165, 1.54) is 5.57 Å². The van der Waals surface area contributed by atoms with Crippen LogP contribution < -0.4 is 0 Å². The number of H-pyrrole nitrogens is 1. The van der Waals surface area contributed by atoms with E-state index in [0.717, 1.165) is 42.8 Å². The van der Waals surface area contributed by atoms with Gasteiger partial charge in [0.1, 0.15) is 0 Å². The Morgan fingerprint density at radius 2 is 1.96 bits per heavy atom. The molecule has 23 heavy (non-hydrogen) atoms. The van der Waals surface area contributed by atoms with Gasteiger partial charge in [-0.05, 0) is 55.4 Å². The van der Waals surface area contributed by atoms with Crippen LogP contribution in [-0.4, -0.2) is 34.1 Å². The zero-order valence-corrected chi connectivity index (χ0v) is 13.3. The second kappa shape index (κ2) is 5.69. The molecule has 0 radical (unpaired) electrons. The second-order valence-corrected chi connectivity index (χ2v) is 6.77. The van der Waals surface area contributed by atoms with Crippen molar-refractivity contribution < 1.29 is 4.79 Å². The number of aromatic amines is 1. The van der Waals surface area contributed by atoms with E-state index in [9.17, 15) is 4.79 Å². The average Bonchev–Trinajstić information content (AvgIpc) is 3.23. The Bertz CT molecular complexity index is 730. The standard InChI is InChI=1S/C19H21N3O/c1-13-2-3-16-11-22(12-17(16)10-13)19(23)15-6-4-14(5-7-15)18-8-9-20-21-18/h2,4-9,16-17H,3,10-12H2,1H3,(H,20,21)/t16-,17+/m1/s1. The van der Waals surface area contributed by atoms with E-state index in [4.69, 9.17) is 0 Å². The van der Waals surface area contributed by atoms with Gasteiger partial charge >= 0.3 is 0 Å². The Kier molecular flexibility index (Phi) is 3.52. The number of aromatic nitrogens is 2. The number of likely N-dealkylation sites (tertiary alicyclic amines) is 1. The van der Waals surface area contributed by atoms with E-state index >= 15 is 0 Å². The Morgan fingerprint density at radius 1 is 1.17 bits per heavy atom. The quantitative estimate of drug-likeness (QED) is 0.863. The van der Waals surface area contributed by atoms with Crippen LogP contribution in [0.25, 0.3) is 11.3 Å². The number of hydrogen-bond acceptors (Lipinski definition) is 2. The van der Waals surface area contributed by atoms with Gasteiger partial charge in [0.2, 0.25) is 0 Å². The third-order valence-corrected chi connectivity index (χ3v) is 5.16. The van der Waals surface area contributed by atoms with E-state index < -0.39 is 0 Å². The Morgan fingerprint density at radius 3 is 2.70 bits per heavy atom. The lowest BCUT2D eigenvalue weighted by Crippen LogP contribution is -2.28. The number of nitrogens with zero attached hydrogens (tertiary/aromatic N) is 2. The first-order chi connectivity index (χ1) is 11.2. The molecule has 1 amide bonds. The van der Waals surface area contributed by atoms with Crippen molar-refractivity contribution in [3.63, 3.8) is 0 Å². The summed E-state index contributed by atoms with van der Waals surface area (Å²) in [5, 5.41) is 6.91. The fraction of sp³-hybridized carbons (Fsp3) is 0.368. The van der Waals surface area contributed by atoms with Gasteiger partial charge in [-0.2, -0.15) is 5.10 Å². The van der Waals surface area contributed by atoms with Gasteiger partial charge in [-0.15, -0.1) is 0 Å². The molecule has 0 spiro atoms. The first kappa shape index (κ1) is 14.2. The molecule has 4 rings (SSSR count). The highest BCUT2D eigenvalue weighted by Gasteiger charge is 2.36. The van der Waals surface area contributed by atoms with E-state index in [1.54, 1.807) is 6.20 Å². The lowest BCUT2D eigenvalue weighted by atomic mass is 9.83. The van der Waals surface area contributed by atoms with Crippen molar-refractivity contribution in [3.8, 4) is 11.3 Å². The first-order valence-electron chi connectivity index (χ1n) is 8.25. The molecule has 1 aromatic carbocycles. The second-order valence-electron chi connectivity index (χ2n) is 6.77. The topological polar surface area (TPSA) is 49.0 Å². The third-order valence-electron chi connectivity index (χ3n) is 5.16. The van der Waals surface area contributed by atoms with Crippen molar-refractivity contribution in [1.82, 2.24) is 15.1 Å².